The van der Waals surface area contributed by atoms with Gasteiger partial charge in [0.2, 0.25) is 0 Å². The van der Waals surface area contributed by atoms with Crippen molar-refractivity contribution in [3.8, 4) is 56.4 Å². The molecule has 0 aliphatic carbocycles. The molecule has 256 valence electrons. The number of aromatic nitrogens is 3. The van der Waals surface area contributed by atoms with E-state index in [9.17, 15) is 0 Å². The van der Waals surface area contributed by atoms with Crippen molar-refractivity contribution in [3.63, 3.8) is 0 Å². The molecule has 0 amide bonds. The maximum Gasteiger partial charge on any atom is 0.164 e. The maximum atomic E-state index is 6.40. The van der Waals surface area contributed by atoms with Gasteiger partial charge in [0, 0.05) is 27.5 Å². The second kappa shape index (κ2) is 12.6. The van der Waals surface area contributed by atoms with Crippen molar-refractivity contribution >= 4 is 54.3 Å². The Morgan fingerprint density at radius 1 is 0.291 bits per heavy atom. The molecule has 0 spiro atoms. The largest absolute Gasteiger partial charge is 0.456 e. The summed E-state index contributed by atoms with van der Waals surface area (Å²) in [6.07, 6.45) is 0. The molecule has 0 aliphatic heterocycles. The van der Waals surface area contributed by atoms with E-state index in [1.54, 1.807) is 0 Å². The van der Waals surface area contributed by atoms with Crippen LogP contribution in [-0.2, 0) is 0 Å². The molecule has 9 aromatic carbocycles. The van der Waals surface area contributed by atoms with Crippen LogP contribution in [0.4, 0.5) is 0 Å². The van der Waals surface area contributed by atoms with Crippen LogP contribution in [0.2, 0.25) is 0 Å². The fourth-order valence-electron chi connectivity index (χ4n) is 8.04. The predicted octanol–water partition coefficient (Wildman–Crippen LogP) is 13.6. The molecule has 11 aromatic rings. The number of para-hydroxylation sites is 1. The van der Waals surface area contributed by atoms with Crippen molar-refractivity contribution in [2.45, 2.75) is 0 Å². The van der Waals surface area contributed by atoms with Crippen LogP contribution in [0, 0.1) is 0 Å². The van der Waals surface area contributed by atoms with Crippen LogP contribution in [-0.4, -0.2) is 15.0 Å². The van der Waals surface area contributed by atoms with Gasteiger partial charge in [-0.15, -0.1) is 0 Å². The molecule has 0 atom stereocenters. The summed E-state index contributed by atoms with van der Waals surface area (Å²) in [5.41, 5.74) is 8.95. The van der Waals surface area contributed by atoms with E-state index in [4.69, 9.17) is 19.4 Å². The molecule has 0 unspecified atom stereocenters. The first-order valence-electron chi connectivity index (χ1n) is 18.5. The van der Waals surface area contributed by atoms with E-state index in [2.05, 4.69) is 158 Å². The highest BCUT2D eigenvalue weighted by Gasteiger charge is 2.18. The summed E-state index contributed by atoms with van der Waals surface area (Å²) in [6.45, 7) is 0. The molecule has 0 radical (unpaired) electrons. The molecule has 2 heterocycles. The molecule has 11 rings (SSSR count). The van der Waals surface area contributed by atoms with Gasteiger partial charge in [-0.1, -0.05) is 146 Å². The van der Waals surface area contributed by atoms with Gasteiger partial charge < -0.3 is 4.42 Å². The fraction of sp³-hybridized carbons (Fsp3) is 0. The molecular weight excluding hydrogens is 671 g/mol. The zero-order valence-corrected chi connectivity index (χ0v) is 29.6. The first-order chi connectivity index (χ1) is 27.2. The van der Waals surface area contributed by atoms with Gasteiger partial charge in [-0.2, -0.15) is 0 Å². The average molecular weight is 702 g/mol. The SMILES string of the molecule is c1ccc(-c2nc(-c3cc(-c4ccccc4)c4ccccc4c3)nc(-c3cc(-c4ccc5c(c4)oc4ccccc45)c4c(ccc5ccccc54)c3)n2)cc1. The summed E-state index contributed by atoms with van der Waals surface area (Å²) in [5, 5.41) is 9.19. The van der Waals surface area contributed by atoms with Crippen molar-refractivity contribution in [1.82, 2.24) is 15.0 Å². The number of hydrogen-bond acceptors (Lipinski definition) is 4. The lowest BCUT2D eigenvalue weighted by molar-refractivity contribution is 0.669. The van der Waals surface area contributed by atoms with Gasteiger partial charge in [0.05, 0.1) is 0 Å². The lowest BCUT2D eigenvalue weighted by atomic mass is 9.91. The van der Waals surface area contributed by atoms with E-state index in [1.165, 1.54) is 21.5 Å². The molecule has 4 nitrogen and oxygen atoms in total. The van der Waals surface area contributed by atoms with Gasteiger partial charge in [0.1, 0.15) is 11.2 Å². The molecule has 0 aliphatic rings. The molecule has 55 heavy (non-hydrogen) atoms. The topological polar surface area (TPSA) is 51.8 Å². The first kappa shape index (κ1) is 31.1. The van der Waals surface area contributed by atoms with E-state index in [-0.39, 0.29) is 0 Å². The second-order valence-electron chi connectivity index (χ2n) is 14.0. The summed E-state index contributed by atoms with van der Waals surface area (Å²) in [4.78, 5) is 15.6. The smallest absolute Gasteiger partial charge is 0.164 e. The van der Waals surface area contributed by atoms with Crippen LogP contribution in [0.3, 0.4) is 0 Å². The normalized spacial score (nSPS) is 11.6. The number of hydrogen-bond donors (Lipinski definition) is 0. The molecule has 2 aromatic heterocycles. The molecule has 0 saturated carbocycles. The molecule has 0 saturated heterocycles. The first-order valence-corrected chi connectivity index (χ1v) is 18.5. The standard InChI is InChI=1S/C51H31N3O/c1-3-13-32(14-4-1)44-29-38(27-35-18-8-9-19-40(35)44)50-52-49(34-16-5-2-6-17-34)53-51(54-50)39-28-37-24-23-33-15-7-10-20-41(33)48(37)45(30-39)36-25-26-43-42-21-11-12-22-46(42)55-47(43)31-36/h1-31H. The lowest BCUT2D eigenvalue weighted by Gasteiger charge is -2.15. The number of furan rings is 1. The maximum absolute atomic E-state index is 6.40. The molecular formula is C51H31N3O. The van der Waals surface area contributed by atoms with Gasteiger partial charge in [-0.05, 0) is 97.0 Å². The fourth-order valence-corrected chi connectivity index (χ4v) is 8.04. The molecule has 0 N–H and O–H groups in total. The minimum Gasteiger partial charge on any atom is -0.456 e. The Hall–Kier alpha value is -7.43. The number of benzene rings is 9. The van der Waals surface area contributed by atoms with Crippen LogP contribution < -0.4 is 0 Å². The van der Waals surface area contributed by atoms with Crippen LogP contribution in [0.1, 0.15) is 0 Å². The van der Waals surface area contributed by atoms with Crippen molar-refractivity contribution in [3.05, 3.63) is 188 Å². The third kappa shape index (κ3) is 5.34. The minimum atomic E-state index is 0.611. The number of fused-ring (bicyclic) bond motifs is 7. The van der Waals surface area contributed by atoms with Gasteiger partial charge in [0.25, 0.3) is 0 Å². The van der Waals surface area contributed by atoms with E-state index in [1.807, 2.05) is 30.3 Å². The minimum absolute atomic E-state index is 0.611. The summed E-state index contributed by atoms with van der Waals surface area (Å²) < 4.78 is 6.40. The Balaban J connectivity index is 1.17. The lowest BCUT2D eigenvalue weighted by Crippen LogP contribution is -2.01. The third-order valence-corrected chi connectivity index (χ3v) is 10.7. The van der Waals surface area contributed by atoms with Gasteiger partial charge >= 0.3 is 0 Å². The van der Waals surface area contributed by atoms with Gasteiger partial charge in [-0.25, -0.2) is 15.0 Å². The van der Waals surface area contributed by atoms with Crippen LogP contribution >= 0.6 is 0 Å². The quantitative estimate of drug-likeness (QED) is 0.168. The number of nitrogens with zero attached hydrogens (tertiary/aromatic N) is 3. The van der Waals surface area contributed by atoms with Crippen LogP contribution in [0.5, 0.6) is 0 Å². The highest BCUT2D eigenvalue weighted by atomic mass is 16.3. The molecule has 4 heteroatoms. The Kier molecular flexibility index (Phi) is 7.14. The molecule has 0 bridgehead atoms. The summed E-state index contributed by atoms with van der Waals surface area (Å²) in [5.74, 6) is 1.86. The van der Waals surface area contributed by atoms with E-state index < -0.39 is 0 Å². The Morgan fingerprint density at radius 2 is 0.836 bits per heavy atom. The van der Waals surface area contributed by atoms with Crippen molar-refractivity contribution in [2.24, 2.45) is 0 Å². The van der Waals surface area contributed by atoms with E-state index >= 15 is 0 Å². The zero-order valence-electron chi connectivity index (χ0n) is 29.6. The van der Waals surface area contributed by atoms with Crippen molar-refractivity contribution in [2.75, 3.05) is 0 Å². The number of rotatable bonds is 5. The summed E-state index contributed by atoms with van der Waals surface area (Å²) >= 11 is 0. The second-order valence-corrected chi connectivity index (χ2v) is 14.0. The molecule has 0 fully saturated rings. The van der Waals surface area contributed by atoms with E-state index in [0.717, 1.165) is 71.7 Å². The van der Waals surface area contributed by atoms with Crippen molar-refractivity contribution in [1.29, 1.82) is 0 Å². The zero-order chi connectivity index (χ0) is 36.3. The average Bonchev–Trinajstić information content (AvgIpc) is 3.64. The third-order valence-electron chi connectivity index (χ3n) is 10.7. The van der Waals surface area contributed by atoms with Crippen LogP contribution in [0.15, 0.2) is 192 Å². The summed E-state index contributed by atoms with van der Waals surface area (Å²) in [7, 11) is 0. The van der Waals surface area contributed by atoms with E-state index in [0.29, 0.717) is 17.5 Å². The van der Waals surface area contributed by atoms with Gasteiger partial charge in [-0.3, -0.25) is 0 Å². The highest BCUT2D eigenvalue weighted by molar-refractivity contribution is 6.16. The van der Waals surface area contributed by atoms with Crippen molar-refractivity contribution < 1.29 is 4.42 Å². The summed E-state index contributed by atoms with van der Waals surface area (Å²) in [6, 6.07) is 65.8. The highest BCUT2D eigenvalue weighted by Crippen LogP contribution is 2.41. The Morgan fingerprint density at radius 3 is 1.60 bits per heavy atom. The van der Waals surface area contributed by atoms with Gasteiger partial charge in [0.15, 0.2) is 17.5 Å². The predicted molar refractivity (Wildman–Crippen MR) is 227 cm³/mol. The monoisotopic (exact) mass is 701 g/mol. The Bertz CT molecular complexity index is 3260. The Labute approximate surface area is 317 Å². The van der Waals surface area contributed by atoms with Crippen LogP contribution in [0.25, 0.3) is 111 Å².